The Bertz CT molecular complexity index is 894. The normalized spacial score (nSPS) is 12.7. The predicted molar refractivity (Wildman–Crippen MR) is 116 cm³/mol. The van der Waals surface area contributed by atoms with Gasteiger partial charge in [-0.05, 0) is 50.1 Å². The molecule has 8 heteroatoms. The summed E-state index contributed by atoms with van der Waals surface area (Å²) < 4.78 is 19.2. The highest BCUT2D eigenvalue weighted by Gasteiger charge is 2.28. The molecule has 1 N–H and O–H groups in total. The van der Waals surface area contributed by atoms with Gasteiger partial charge in [0, 0.05) is 22.6 Å². The van der Waals surface area contributed by atoms with Gasteiger partial charge in [-0.3, -0.25) is 9.59 Å². The summed E-state index contributed by atoms with van der Waals surface area (Å²) in [4.78, 5) is 27.0. The number of amides is 2. The average Bonchev–Trinajstić information content (AvgIpc) is 2.71. The topological polar surface area (TPSA) is 58.6 Å². The van der Waals surface area contributed by atoms with Crippen LogP contribution in [0.25, 0.3) is 0 Å². The molecule has 30 heavy (non-hydrogen) atoms. The highest BCUT2D eigenvalue weighted by Crippen LogP contribution is 2.23. The summed E-state index contributed by atoms with van der Waals surface area (Å²) in [6.07, 6.45) is 0.756. The molecule has 0 saturated heterocycles. The Hall–Kier alpha value is -2.31. The fourth-order valence-corrected chi connectivity index (χ4v) is 3.13. The average molecular weight is 455 g/mol. The van der Waals surface area contributed by atoms with Gasteiger partial charge in [0.05, 0.1) is 0 Å². The Labute approximate surface area is 186 Å². The third-order valence-corrected chi connectivity index (χ3v) is 5.30. The Morgan fingerprint density at radius 3 is 2.50 bits per heavy atom. The molecular weight excluding hydrogens is 430 g/mol. The van der Waals surface area contributed by atoms with Crippen molar-refractivity contribution >= 4 is 35.0 Å². The maximum absolute atomic E-state index is 13.8. The molecule has 2 atom stereocenters. The van der Waals surface area contributed by atoms with Gasteiger partial charge in [0.15, 0.2) is 18.2 Å². The largest absolute Gasteiger partial charge is 0.481 e. The van der Waals surface area contributed by atoms with Crippen LogP contribution in [0, 0.1) is 5.82 Å². The first-order valence-electron chi connectivity index (χ1n) is 9.64. The molecule has 5 nitrogen and oxygen atoms in total. The van der Waals surface area contributed by atoms with Crippen LogP contribution >= 0.6 is 23.2 Å². The minimum absolute atomic E-state index is 0.0352. The molecule has 0 bridgehead atoms. The van der Waals surface area contributed by atoms with Crippen molar-refractivity contribution in [3.63, 3.8) is 0 Å². The summed E-state index contributed by atoms with van der Waals surface area (Å²) in [5.74, 6) is -1.38. The van der Waals surface area contributed by atoms with Crippen LogP contribution in [-0.2, 0) is 16.1 Å². The van der Waals surface area contributed by atoms with Gasteiger partial charge in [-0.2, -0.15) is 0 Å². The summed E-state index contributed by atoms with van der Waals surface area (Å²) in [7, 11) is 0. The van der Waals surface area contributed by atoms with E-state index in [4.69, 9.17) is 27.9 Å². The summed E-state index contributed by atoms with van der Waals surface area (Å²) in [5.41, 5.74) is 0.628. The van der Waals surface area contributed by atoms with E-state index in [2.05, 4.69) is 5.32 Å². The van der Waals surface area contributed by atoms with E-state index in [1.54, 1.807) is 31.2 Å². The van der Waals surface area contributed by atoms with Crippen LogP contribution in [0.1, 0.15) is 32.8 Å². The molecular formula is C22H25Cl2FN2O3. The van der Waals surface area contributed by atoms with Gasteiger partial charge in [-0.25, -0.2) is 4.39 Å². The van der Waals surface area contributed by atoms with E-state index in [1.807, 2.05) is 13.8 Å². The lowest BCUT2D eigenvalue weighted by molar-refractivity contribution is -0.142. The third kappa shape index (κ3) is 6.61. The zero-order valence-electron chi connectivity index (χ0n) is 17.1. The van der Waals surface area contributed by atoms with Crippen molar-refractivity contribution in [2.75, 3.05) is 6.61 Å². The molecule has 0 fully saturated rings. The van der Waals surface area contributed by atoms with Crippen LogP contribution in [-0.4, -0.2) is 35.4 Å². The second-order valence-corrected chi connectivity index (χ2v) is 7.81. The van der Waals surface area contributed by atoms with Crippen LogP contribution in [0.15, 0.2) is 42.5 Å². The van der Waals surface area contributed by atoms with E-state index in [-0.39, 0.29) is 24.2 Å². The van der Waals surface area contributed by atoms with E-state index in [0.29, 0.717) is 15.6 Å². The SMILES string of the molecule is CC[C@H](C)NC(=O)[C@H](C)N(Cc1ccc(Cl)cc1Cl)C(=O)COc1ccccc1F. The van der Waals surface area contributed by atoms with Gasteiger partial charge in [0.1, 0.15) is 6.04 Å². The number of carbonyl (C=O) groups is 2. The van der Waals surface area contributed by atoms with Crippen molar-refractivity contribution in [1.29, 1.82) is 0 Å². The van der Waals surface area contributed by atoms with Gasteiger partial charge in [0.25, 0.3) is 5.91 Å². The third-order valence-electron chi connectivity index (χ3n) is 4.71. The zero-order chi connectivity index (χ0) is 22.3. The Balaban J connectivity index is 2.21. The van der Waals surface area contributed by atoms with Gasteiger partial charge in [-0.15, -0.1) is 0 Å². The maximum atomic E-state index is 13.8. The number of ether oxygens (including phenoxy) is 1. The van der Waals surface area contributed by atoms with Crippen molar-refractivity contribution in [1.82, 2.24) is 10.2 Å². The fraction of sp³-hybridized carbons (Fsp3) is 0.364. The van der Waals surface area contributed by atoms with Crippen molar-refractivity contribution < 1.29 is 18.7 Å². The molecule has 162 valence electrons. The molecule has 0 aliphatic rings. The predicted octanol–water partition coefficient (Wildman–Crippen LogP) is 4.84. The van der Waals surface area contributed by atoms with Crippen LogP contribution in [0.5, 0.6) is 5.75 Å². The first-order chi connectivity index (χ1) is 14.2. The number of nitrogens with zero attached hydrogens (tertiary/aromatic N) is 1. The molecule has 0 aromatic heterocycles. The fourth-order valence-electron chi connectivity index (χ4n) is 2.67. The van der Waals surface area contributed by atoms with Crippen molar-refractivity contribution in [2.24, 2.45) is 0 Å². The van der Waals surface area contributed by atoms with E-state index < -0.39 is 24.4 Å². The quantitative estimate of drug-likeness (QED) is 0.589. The number of hydrogen-bond acceptors (Lipinski definition) is 3. The van der Waals surface area contributed by atoms with Gasteiger partial charge in [-0.1, -0.05) is 48.3 Å². The molecule has 0 aliphatic carbocycles. The monoisotopic (exact) mass is 454 g/mol. The van der Waals surface area contributed by atoms with Crippen LogP contribution in [0.4, 0.5) is 4.39 Å². The molecule has 0 spiro atoms. The van der Waals surface area contributed by atoms with Crippen LogP contribution in [0.2, 0.25) is 10.0 Å². The van der Waals surface area contributed by atoms with Crippen molar-refractivity contribution in [3.8, 4) is 5.75 Å². The molecule has 0 saturated carbocycles. The van der Waals surface area contributed by atoms with Gasteiger partial charge >= 0.3 is 0 Å². The molecule has 0 radical (unpaired) electrons. The summed E-state index contributed by atoms with van der Waals surface area (Å²) in [6, 6.07) is 9.91. The molecule has 0 heterocycles. The summed E-state index contributed by atoms with van der Waals surface area (Å²) in [5, 5.41) is 3.71. The smallest absolute Gasteiger partial charge is 0.261 e. The number of benzene rings is 2. The minimum Gasteiger partial charge on any atom is -0.481 e. The standard InChI is InChI=1S/C22H25Cl2FN2O3/c1-4-14(2)26-22(29)15(3)27(12-16-9-10-17(23)11-18(16)24)21(28)13-30-20-8-6-5-7-19(20)25/h5-11,14-15H,4,12-13H2,1-3H3,(H,26,29)/t14-,15-/m0/s1. The number of hydrogen-bond donors (Lipinski definition) is 1. The van der Waals surface area contributed by atoms with Crippen LogP contribution in [0.3, 0.4) is 0 Å². The lowest BCUT2D eigenvalue weighted by Crippen LogP contribution is -2.50. The van der Waals surface area contributed by atoms with Gasteiger partial charge < -0.3 is 15.0 Å². The first kappa shape index (κ1) is 24.0. The zero-order valence-corrected chi connectivity index (χ0v) is 18.6. The van der Waals surface area contributed by atoms with E-state index in [0.717, 1.165) is 6.42 Å². The lowest BCUT2D eigenvalue weighted by Gasteiger charge is -2.30. The highest BCUT2D eigenvalue weighted by atomic mass is 35.5. The molecule has 0 unspecified atom stereocenters. The lowest BCUT2D eigenvalue weighted by atomic mass is 10.1. The van der Waals surface area contributed by atoms with E-state index in [9.17, 15) is 14.0 Å². The van der Waals surface area contributed by atoms with E-state index in [1.165, 1.54) is 23.1 Å². The molecule has 2 rings (SSSR count). The Kier molecular flexibility index (Phi) is 8.93. The number of nitrogens with one attached hydrogen (secondary N) is 1. The Morgan fingerprint density at radius 2 is 1.87 bits per heavy atom. The number of carbonyl (C=O) groups excluding carboxylic acids is 2. The molecule has 2 amide bonds. The highest BCUT2D eigenvalue weighted by molar-refractivity contribution is 6.35. The maximum Gasteiger partial charge on any atom is 0.261 e. The van der Waals surface area contributed by atoms with Crippen molar-refractivity contribution in [3.05, 3.63) is 63.9 Å². The minimum atomic E-state index is -0.789. The number of halogens is 3. The molecule has 0 aliphatic heterocycles. The molecule has 2 aromatic rings. The van der Waals surface area contributed by atoms with Crippen molar-refractivity contribution in [2.45, 2.75) is 45.8 Å². The van der Waals surface area contributed by atoms with Crippen LogP contribution < -0.4 is 10.1 Å². The summed E-state index contributed by atoms with van der Waals surface area (Å²) in [6.45, 7) is 5.11. The second kappa shape index (κ2) is 11.2. The van der Waals surface area contributed by atoms with Gasteiger partial charge in [0.2, 0.25) is 5.91 Å². The number of rotatable bonds is 9. The first-order valence-corrected chi connectivity index (χ1v) is 10.4. The molecule has 2 aromatic carbocycles. The number of para-hydroxylation sites is 1. The second-order valence-electron chi connectivity index (χ2n) is 6.97. The Morgan fingerprint density at radius 1 is 1.17 bits per heavy atom. The summed E-state index contributed by atoms with van der Waals surface area (Å²) >= 11 is 12.2. The van der Waals surface area contributed by atoms with E-state index >= 15 is 0 Å².